The van der Waals surface area contributed by atoms with Crippen LogP contribution in [0.15, 0.2) is 30.5 Å². The van der Waals surface area contributed by atoms with Crippen molar-refractivity contribution in [1.82, 2.24) is 9.88 Å². The minimum Gasteiger partial charge on any atom is -0.391 e. The summed E-state index contributed by atoms with van der Waals surface area (Å²) < 4.78 is 0. The minimum absolute atomic E-state index is 0.0349. The number of H-pyrrole nitrogens is 1. The van der Waals surface area contributed by atoms with E-state index < -0.39 is 0 Å². The molecular formula is C17H20N2O2. The Balaban J connectivity index is 1.53. The molecule has 1 aromatic carbocycles. The van der Waals surface area contributed by atoms with Gasteiger partial charge in [-0.05, 0) is 37.3 Å². The summed E-state index contributed by atoms with van der Waals surface area (Å²) in [6, 6.07) is 8.27. The van der Waals surface area contributed by atoms with Crippen molar-refractivity contribution in [3.05, 3.63) is 36.0 Å². The van der Waals surface area contributed by atoms with Gasteiger partial charge in [-0.3, -0.25) is 4.79 Å². The standard InChI is InChI=1S/C17H20N2O2/c20-16-9-11-5-6-15(16)19(17(11)21)8-7-12-10-18-14-4-2-1-3-13(12)14/h1-4,10-11,15-16,18,20H,5-9H2. The first-order chi connectivity index (χ1) is 10.2. The van der Waals surface area contributed by atoms with Crippen LogP contribution in [0, 0.1) is 5.92 Å². The molecule has 3 aliphatic rings. The van der Waals surface area contributed by atoms with Crippen LogP contribution >= 0.6 is 0 Å². The first-order valence-electron chi connectivity index (χ1n) is 7.77. The van der Waals surface area contributed by atoms with E-state index in [1.165, 1.54) is 10.9 Å². The maximum atomic E-state index is 12.4. The fourth-order valence-electron chi connectivity index (χ4n) is 3.97. The van der Waals surface area contributed by atoms with Crippen molar-refractivity contribution in [1.29, 1.82) is 0 Å². The molecule has 2 aliphatic heterocycles. The SMILES string of the molecule is O=C1C2CCC(C(O)C2)N1CCc1c[nH]c2ccccc12. The molecule has 2 bridgehead atoms. The van der Waals surface area contributed by atoms with Crippen LogP contribution in [0.3, 0.4) is 0 Å². The molecule has 3 atom stereocenters. The number of carbonyl (C=O) groups excluding carboxylic acids is 1. The van der Waals surface area contributed by atoms with Gasteiger partial charge in [-0.2, -0.15) is 0 Å². The molecule has 21 heavy (non-hydrogen) atoms. The summed E-state index contributed by atoms with van der Waals surface area (Å²) in [6.07, 6.45) is 5.10. The van der Waals surface area contributed by atoms with Gasteiger partial charge in [0.2, 0.25) is 5.91 Å². The second-order valence-corrected chi connectivity index (χ2v) is 6.29. The van der Waals surface area contributed by atoms with Crippen molar-refractivity contribution in [2.75, 3.05) is 6.54 Å². The maximum absolute atomic E-state index is 12.4. The number of aliphatic hydroxyl groups is 1. The van der Waals surface area contributed by atoms with E-state index in [9.17, 15) is 9.90 Å². The van der Waals surface area contributed by atoms with Gasteiger partial charge in [-0.25, -0.2) is 0 Å². The number of rotatable bonds is 3. The molecule has 4 nitrogen and oxygen atoms in total. The number of fused-ring (bicyclic) bond motifs is 4. The van der Waals surface area contributed by atoms with Crippen LogP contribution in [-0.4, -0.2) is 39.6 Å². The Bertz CT molecular complexity index is 678. The van der Waals surface area contributed by atoms with Gasteiger partial charge >= 0.3 is 0 Å². The maximum Gasteiger partial charge on any atom is 0.226 e. The first kappa shape index (κ1) is 12.9. The van der Waals surface area contributed by atoms with Gasteiger partial charge in [-0.1, -0.05) is 18.2 Å². The van der Waals surface area contributed by atoms with Crippen LogP contribution < -0.4 is 0 Å². The second kappa shape index (κ2) is 4.88. The number of benzene rings is 1. The molecule has 3 fully saturated rings. The molecule has 1 amide bonds. The molecule has 2 saturated heterocycles. The van der Waals surface area contributed by atoms with Gasteiger partial charge in [0.1, 0.15) is 0 Å². The Kier molecular flexibility index (Phi) is 3.00. The van der Waals surface area contributed by atoms with Crippen molar-refractivity contribution in [3.63, 3.8) is 0 Å². The fourth-order valence-corrected chi connectivity index (χ4v) is 3.97. The predicted molar refractivity (Wildman–Crippen MR) is 80.9 cm³/mol. The Hall–Kier alpha value is -1.81. The number of aliphatic hydroxyl groups excluding tert-OH is 1. The quantitative estimate of drug-likeness (QED) is 0.906. The number of aromatic nitrogens is 1. The largest absolute Gasteiger partial charge is 0.391 e. The zero-order valence-corrected chi connectivity index (χ0v) is 12.0. The number of hydrogen-bond donors (Lipinski definition) is 2. The van der Waals surface area contributed by atoms with Crippen molar-refractivity contribution in [2.45, 2.75) is 37.8 Å². The van der Waals surface area contributed by atoms with E-state index in [4.69, 9.17) is 0 Å². The lowest BCUT2D eigenvalue weighted by Crippen LogP contribution is -2.59. The predicted octanol–water partition coefficient (Wildman–Crippen LogP) is 2.08. The highest BCUT2D eigenvalue weighted by molar-refractivity contribution is 5.83. The van der Waals surface area contributed by atoms with E-state index in [0.717, 1.165) is 24.8 Å². The van der Waals surface area contributed by atoms with Gasteiger partial charge < -0.3 is 15.0 Å². The molecule has 110 valence electrons. The van der Waals surface area contributed by atoms with E-state index in [0.29, 0.717) is 13.0 Å². The third-order valence-electron chi connectivity index (χ3n) is 5.11. The zero-order valence-electron chi connectivity index (χ0n) is 12.0. The minimum atomic E-state index is -0.329. The van der Waals surface area contributed by atoms with Gasteiger partial charge in [0.15, 0.2) is 0 Å². The number of nitrogens with one attached hydrogen (secondary N) is 1. The van der Waals surface area contributed by atoms with Gasteiger partial charge in [0, 0.05) is 29.6 Å². The molecule has 3 unspecified atom stereocenters. The lowest BCUT2D eigenvalue weighted by Gasteiger charge is -2.47. The van der Waals surface area contributed by atoms with Crippen LogP contribution in [0.4, 0.5) is 0 Å². The van der Waals surface area contributed by atoms with Crippen LogP contribution in [0.1, 0.15) is 24.8 Å². The molecule has 0 spiro atoms. The summed E-state index contributed by atoms with van der Waals surface area (Å²) in [5.74, 6) is 0.296. The number of amides is 1. The van der Waals surface area contributed by atoms with Crippen molar-refractivity contribution in [2.24, 2.45) is 5.92 Å². The first-order valence-corrected chi connectivity index (χ1v) is 7.77. The van der Waals surface area contributed by atoms with Gasteiger partial charge in [-0.15, -0.1) is 0 Å². The number of para-hydroxylation sites is 1. The van der Waals surface area contributed by atoms with Crippen LogP contribution in [0.5, 0.6) is 0 Å². The van der Waals surface area contributed by atoms with Crippen molar-refractivity contribution < 1.29 is 9.90 Å². The fraction of sp³-hybridized carbons (Fsp3) is 0.471. The highest BCUT2D eigenvalue weighted by Crippen LogP contribution is 2.36. The van der Waals surface area contributed by atoms with Gasteiger partial charge in [0.05, 0.1) is 12.1 Å². The topological polar surface area (TPSA) is 56.3 Å². The number of aromatic amines is 1. The summed E-state index contributed by atoms with van der Waals surface area (Å²) in [5.41, 5.74) is 2.38. The normalized spacial score (nSPS) is 28.5. The Morgan fingerprint density at radius 1 is 1.29 bits per heavy atom. The molecular weight excluding hydrogens is 264 g/mol. The molecule has 2 aromatic rings. The summed E-state index contributed by atoms with van der Waals surface area (Å²) in [5, 5.41) is 11.3. The van der Waals surface area contributed by atoms with Crippen molar-refractivity contribution in [3.8, 4) is 0 Å². The molecule has 1 aliphatic carbocycles. The molecule has 1 saturated carbocycles. The van der Waals surface area contributed by atoms with Crippen molar-refractivity contribution >= 4 is 16.8 Å². The van der Waals surface area contributed by atoms with E-state index in [1.807, 2.05) is 23.2 Å². The van der Waals surface area contributed by atoms with E-state index >= 15 is 0 Å². The summed E-state index contributed by atoms with van der Waals surface area (Å²) in [7, 11) is 0. The third kappa shape index (κ3) is 2.05. The number of nitrogens with zero attached hydrogens (tertiary/aromatic N) is 1. The molecule has 4 heteroatoms. The average Bonchev–Trinajstić information content (AvgIpc) is 2.91. The second-order valence-electron chi connectivity index (χ2n) is 6.29. The lowest BCUT2D eigenvalue weighted by molar-refractivity contribution is -0.156. The molecule has 1 aromatic heterocycles. The molecule has 5 rings (SSSR count). The Labute approximate surface area is 123 Å². The van der Waals surface area contributed by atoms with E-state index in [1.54, 1.807) is 0 Å². The lowest BCUT2D eigenvalue weighted by atomic mass is 9.77. The smallest absolute Gasteiger partial charge is 0.226 e. The molecule has 0 radical (unpaired) electrons. The molecule has 3 heterocycles. The monoisotopic (exact) mass is 284 g/mol. The van der Waals surface area contributed by atoms with E-state index in [-0.39, 0.29) is 24.0 Å². The average molecular weight is 284 g/mol. The molecule has 2 N–H and O–H groups in total. The van der Waals surface area contributed by atoms with Crippen LogP contribution in [0.25, 0.3) is 10.9 Å². The number of carbonyl (C=O) groups is 1. The Morgan fingerprint density at radius 3 is 3.00 bits per heavy atom. The zero-order chi connectivity index (χ0) is 14.4. The number of hydrogen-bond acceptors (Lipinski definition) is 2. The highest BCUT2D eigenvalue weighted by atomic mass is 16.3. The highest BCUT2D eigenvalue weighted by Gasteiger charge is 2.45. The Morgan fingerprint density at radius 2 is 2.14 bits per heavy atom. The van der Waals surface area contributed by atoms with Crippen LogP contribution in [0.2, 0.25) is 0 Å². The van der Waals surface area contributed by atoms with E-state index in [2.05, 4.69) is 17.1 Å². The number of piperidine rings is 2. The van der Waals surface area contributed by atoms with Gasteiger partial charge in [0.25, 0.3) is 0 Å². The van der Waals surface area contributed by atoms with Crippen LogP contribution in [-0.2, 0) is 11.2 Å². The summed E-state index contributed by atoms with van der Waals surface area (Å²) >= 11 is 0. The summed E-state index contributed by atoms with van der Waals surface area (Å²) in [6.45, 7) is 0.707. The third-order valence-corrected chi connectivity index (χ3v) is 5.11. The summed E-state index contributed by atoms with van der Waals surface area (Å²) in [4.78, 5) is 17.6.